The van der Waals surface area contributed by atoms with Gasteiger partial charge in [-0.15, -0.1) is 11.3 Å². The second-order valence-corrected chi connectivity index (χ2v) is 7.77. The zero-order valence-electron chi connectivity index (χ0n) is 15.4. The quantitative estimate of drug-likeness (QED) is 0.550. The predicted octanol–water partition coefficient (Wildman–Crippen LogP) is 3.09. The summed E-state index contributed by atoms with van der Waals surface area (Å²) in [7, 11) is 0. The highest BCUT2D eigenvalue weighted by Crippen LogP contribution is 2.24. The van der Waals surface area contributed by atoms with Crippen molar-refractivity contribution in [2.24, 2.45) is 0 Å². The van der Waals surface area contributed by atoms with E-state index < -0.39 is 0 Å². The predicted molar refractivity (Wildman–Crippen MR) is 111 cm³/mol. The van der Waals surface area contributed by atoms with E-state index in [4.69, 9.17) is 0 Å². The van der Waals surface area contributed by atoms with E-state index in [1.807, 2.05) is 47.8 Å². The third kappa shape index (κ3) is 3.27. The highest BCUT2D eigenvalue weighted by molar-refractivity contribution is 7.13. The largest absolute Gasteiger partial charge is 0.331 e. The van der Waals surface area contributed by atoms with Gasteiger partial charge in [0.2, 0.25) is 0 Å². The Hall–Kier alpha value is -3.52. The number of benzene rings is 1. The van der Waals surface area contributed by atoms with Gasteiger partial charge >= 0.3 is 0 Å². The van der Waals surface area contributed by atoms with Crippen LogP contribution >= 0.6 is 11.3 Å². The highest BCUT2D eigenvalue weighted by atomic mass is 32.1. The van der Waals surface area contributed by atoms with Crippen molar-refractivity contribution in [3.8, 4) is 22.0 Å². The molecule has 3 aromatic heterocycles. The van der Waals surface area contributed by atoms with Gasteiger partial charge in [-0.1, -0.05) is 36.4 Å². The molecule has 2 N–H and O–H groups in total. The Kier molecular flexibility index (Phi) is 4.33. The Morgan fingerprint density at radius 1 is 1.14 bits per heavy atom. The fourth-order valence-corrected chi connectivity index (χ4v) is 4.19. The number of nitrogens with one attached hydrogen (secondary N) is 2. The number of carbonyl (C=O) groups excluding carboxylic acids is 1. The van der Waals surface area contributed by atoms with Gasteiger partial charge in [-0.05, 0) is 23.9 Å². The summed E-state index contributed by atoms with van der Waals surface area (Å²) >= 11 is 1.58. The molecule has 0 spiro atoms. The van der Waals surface area contributed by atoms with Crippen molar-refractivity contribution < 1.29 is 4.79 Å². The molecule has 1 aromatic carbocycles. The van der Waals surface area contributed by atoms with Gasteiger partial charge < -0.3 is 9.88 Å². The van der Waals surface area contributed by atoms with Gasteiger partial charge in [0.05, 0.1) is 22.8 Å². The van der Waals surface area contributed by atoms with Crippen LogP contribution in [-0.4, -0.2) is 37.5 Å². The number of fused-ring (bicyclic) bond motifs is 1. The Morgan fingerprint density at radius 2 is 2.00 bits per heavy atom. The molecule has 0 unspecified atom stereocenters. The molecule has 0 radical (unpaired) electrons. The lowest BCUT2D eigenvalue weighted by molar-refractivity contribution is 0.0725. The first-order chi connectivity index (χ1) is 14.2. The minimum absolute atomic E-state index is 0.138. The molecular formula is C21H17N5O2S. The molecule has 1 aliphatic rings. The second kappa shape index (κ2) is 7.14. The molecule has 0 fully saturated rings. The first-order valence-electron chi connectivity index (χ1n) is 9.25. The van der Waals surface area contributed by atoms with Gasteiger partial charge in [-0.3, -0.25) is 14.7 Å². The van der Waals surface area contributed by atoms with E-state index in [9.17, 15) is 9.59 Å². The lowest BCUT2D eigenvalue weighted by atomic mass is 10.1. The average molecular weight is 403 g/mol. The number of H-pyrrole nitrogens is 2. The van der Waals surface area contributed by atoms with Gasteiger partial charge in [0.25, 0.3) is 11.5 Å². The summed E-state index contributed by atoms with van der Waals surface area (Å²) in [6, 6.07) is 15.2. The Labute approximate surface area is 170 Å². The fraction of sp³-hybridized carbons (Fsp3) is 0.143. The van der Waals surface area contributed by atoms with Gasteiger partial charge in [0.15, 0.2) is 5.69 Å². The molecule has 1 amide bonds. The lowest BCUT2D eigenvalue weighted by Crippen LogP contribution is -2.39. The van der Waals surface area contributed by atoms with Crippen LogP contribution in [0.25, 0.3) is 22.0 Å². The molecule has 29 heavy (non-hydrogen) atoms. The van der Waals surface area contributed by atoms with Crippen LogP contribution < -0.4 is 5.56 Å². The number of rotatable bonds is 3. The lowest BCUT2D eigenvalue weighted by Gasteiger charge is -2.27. The maximum Gasteiger partial charge on any atom is 0.274 e. The summed E-state index contributed by atoms with van der Waals surface area (Å²) in [5.74, 6) is 0.349. The summed E-state index contributed by atoms with van der Waals surface area (Å²) in [5.41, 5.74) is 3.17. The zero-order valence-corrected chi connectivity index (χ0v) is 16.2. The molecule has 5 rings (SSSR count). The van der Waals surface area contributed by atoms with Crippen molar-refractivity contribution >= 4 is 17.2 Å². The number of aromatic nitrogens is 4. The molecule has 8 heteroatoms. The number of hydrogen-bond donors (Lipinski definition) is 2. The smallest absolute Gasteiger partial charge is 0.274 e. The molecule has 0 bridgehead atoms. The highest BCUT2D eigenvalue weighted by Gasteiger charge is 2.27. The summed E-state index contributed by atoms with van der Waals surface area (Å²) in [5, 5.41) is 9.10. The Bertz CT molecular complexity index is 1230. The van der Waals surface area contributed by atoms with Crippen LogP contribution in [-0.2, 0) is 13.0 Å². The van der Waals surface area contributed by atoms with Crippen LogP contribution in [0.1, 0.15) is 21.7 Å². The minimum atomic E-state index is -0.168. The number of thiophene rings is 1. The minimum Gasteiger partial charge on any atom is -0.331 e. The molecule has 7 nitrogen and oxygen atoms in total. The van der Waals surface area contributed by atoms with Crippen molar-refractivity contribution in [2.45, 2.75) is 13.0 Å². The number of carbonyl (C=O) groups is 1. The van der Waals surface area contributed by atoms with Gasteiger partial charge in [0, 0.05) is 17.7 Å². The van der Waals surface area contributed by atoms with Crippen LogP contribution in [0, 0.1) is 0 Å². The van der Waals surface area contributed by atoms with Gasteiger partial charge in [-0.25, -0.2) is 4.98 Å². The van der Waals surface area contributed by atoms with Gasteiger partial charge in [-0.2, -0.15) is 5.10 Å². The summed E-state index contributed by atoms with van der Waals surface area (Å²) in [4.78, 5) is 35.7. The maximum absolute atomic E-state index is 13.0. The van der Waals surface area contributed by atoms with Crippen molar-refractivity contribution in [3.05, 3.63) is 81.2 Å². The molecule has 0 saturated carbocycles. The topological polar surface area (TPSA) is 94.7 Å². The normalized spacial score (nSPS) is 13.3. The monoisotopic (exact) mass is 403 g/mol. The van der Waals surface area contributed by atoms with Crippen LogP contribution in [0.3, 0.4) is 0 Å². The van der Waals surface area contributed by atoms with E-state index in [1.54, 1.807) is 22.3 Å². The maximum atomic E-state index is 13.0. The SMILES string of the molecule is O=C(c1cc(-c2cccs2)[nH]n1)N1CCc2c(nc(-c3ccccc3)[nH]c2=O)C1. The van der Waals surface area contributed by atoms with Gasteiger partial charge in [0.1, 0.15) is 5.82 Å². The van der Waals surface area contributed by atoms with Crippen LogP contribution in [0.4, 0.5) is 0 Å². The standard InChI is InChI=1S/C21H17N5O2S/c27-20-14-8-9-26(12-17(14)22-19(23-20)13-5-2-1-3-6-13)21(28)16-11-15(24-25-16)18-7-4-10-29-18/h1-7,10-11H,8-9,12H2,(H,24,25)(H,22,23,27). The number of nitrogens with zero attached hydrogens (tertiary/aromatic N) is 3. The van der Waals surface area contributed by atoms with E-state index >= 15 is 0 Å². The van der Waals surface area contributed by atoms with E-state index in [1.165, 1.54) is 0 Å². The molecular weight excluding hydrogens is 386 g/mol. The number of hydrogen-bond acceptors (Lipinski definition) is 5. The molecule has 0 saturated heterocycles. The first kappa shape index (κ1) is 17.6. The van der Waals surface area contributed by atoms with Crippen LogP contribution in [0.15, 0.2) is 58.7 Å². The number of amides is 1. The summed E-state index contributed by atoms with van der Waals surface area (Å²) in [6.07, 6.45) is 0.473. The van der Waals surface area contributed by atoms with Crippen molar-refractivity contribution in [1.29, 1.82) is 0 Å². The van der Waals surface area contributed by atoms with E-state index in [2.05, 4.69) is 20.2 Å². The van der Waals surface area contributed by atoms with Crippen molar-refractivity contribution in [3.63, 3.8) is 0 Å². The molecule has 4 aromatic rings. The Morgan fingerprint density at radius 3 is 2.79 bits per heavy atom. The molecule has 0 aliphatic carbocycles. The number of aromatic amines is 2. The molecule has 0 atom stereocenters. The van der Waals surface area contributed by atoms with Crippen LogP contribution in [0.5, 0.6) is 0 Å². The average Bonchev–Trinajstić information content (AvgIpc) is 3.45. The third-order valence-electron chi connectivity index (χ3n) is 4.99. The second-order valence-electron chi connectivity index (χ2n) is 6.83. The zero-order chi connectivity index (χ0) is 19.8. The summed E-state index contributed by atoms with van der Waals surface area (Å²) in [6.45, 7) is 0.752. The third-order valence-corrected chi connectivity index (χ3v) is 5.89. The van der Waals surface area contributed by atoms with E-state index in [0.717, 1.165) is 16.1 Å². The first-order valence-corrected chi connectivity index (χ1v) is 10.1. The molecule has 4 heterocycles. The van der Waals surface area contributed by atoms with E-state index in [-0.39, 0.29) is 11.5 Å². The van der Waals surface area contributed by atoms with E-state index in [0.29, 0.717) is 42.3 Å². The fourth-order valence-electron chi connectivity index (χ4n) is 3.50. The molecule has 144 valence electrons. The van der Waals surface area contributed by atoms with Crippen molar-refractivity contribution in [1.82, 2.24) is 25.1 Å². The summed E-state index contributed by atoms with van der Waals surface area (Å²) < 4.78 is 0. The Balaban J connectivity index is 1.42. The van der Waals surface area contributed by atoms with Crippen LogP contribution in [0.2, 0.25) is 0 Å². The molecule has 1 aliphatic heterocycles. The van der Waals surface area contributed by atoms with Crippen molar-refractivity contribution in [2.75, 3.05) is 6.54 Å².